The molecule has 0 bridgehead atoms. The lowest BCUT2D eigenvalue weighted by molar-refractivity contribution is 0.193. The lowest BCUT2D eigenvalue weighted by Crippen LogP contribution is -2.10. The van der Waals surface area contributed by atoms with Gasteiger partial charge >= 0.3 is 0 Å². The zero-order valence-electron chi connectivity index (χ0n) is 14.1. The van der Waals surface area contributed by atoms with E-state index in [4.69, 9.17) is 9.47 Å². The van der Waals surface area contributed by atoms with Gasteiger partial charge in [-0.3, -0.25) is 0 Å². The molecule has 1 fully saturated rings. The first-order valence-corrected chi connectivity index (χ1v) is 8.25. The second kappa shape index (κ2) is 7.92. The zero-order chi connectivity index (χ0) is 16.8. The van der Waals surface area contributed by atoms with Crippen molar-refractivity contribution in [2.24, 2.45) is 0 Å². The Morgan fingerprint density at radius 1 is 1.38 bits per heavy atom. The first-order chi connectivity index (χ1) is 11.8. The van der Waals surface area contributed by atoms with E-state index in [1.165, 1.54) is 0 Å². The number of pyridine rings is 1. The van der Waals surface area contributed by atoms with E-state index in [0.717, 1.165) is 36.7 Å². The maximum Gasteiger partial charge on any atom is 0.224 e. The number of hydrogen-bond donors (Lipinski definition) is 2. The predicted octanol–water partition coefficient (Wildman–Crippen LogP) is 2.43. The van der Waals surface area contributed by atoms with Gasteiger partial charge in [0.05, 0.1) is 18.9 Å². The molecule has 0 saturated carbocycles. The molecular weight excluding hydrogens is 306 g/mol. The summed E-state index contributed by atoms with van der Waals surface area (Å²) in [5.74, 6) is 2.37. The standard InChI is InChI=1S/C17H23N5O2/c1-3-24-16-12(5-4-7-19-16)10-20-15-9-14(13-6-8-23-11-13)21-17(18-2)22-15/h4-5,7,9,13H,3,6,8,10-11H2,1-2H3,(H2,18,20,21,22). The third-order valence-corrected chi connectivity index (χ3v) is 3.91. The Morgan fingerprint density at radius 2 is 2.29 bits per heavy atom. The van der Waals surface area contributed by atoms with Gasteiger partial charge in [0.1, 0.15) is 5.82 Å². The number of rotatable bonds is 7. The molecule has 2 aromatic heterocycles. The Hall–Kier alpha value is -2.41. The average molecular weight is 329 g/mol. The highest BCUT2D eigenvalue weighted by Crippen LogP contribution is 2.26. The Kier molecular flexibility index (Phi) is 5.43. The van der Waals surface area contributed by atoms with Crippen molar-refractivity contribution in [3.05, 3.63) is 35.7 Å². The van der Waals surface area contributed by atoms with E-state index < -0.39 is 0 Å². The van der Waals surface area contributed by atoms with Crippen molar-refractivity contribution in [1.29, 1.82) is 0 Å². The van der Waals surface area contributed by atoms with Gasteiger partial charge < -0.3 is 20.1 Å². The van der Waals surface area contributed by atoms with Crippen LogP contribution in [0.25, 0.3) is 0 Å². The van der Waals surface area contributed by atoms with Gasteiger partial charge in [0.15, 0.2) is 0 Å². The van der Waals surface area contributed by atoms with Gasteiger partial charge in [0, 0.05) is 43.9 Å². The molecule has 1 atom stereocenters. The number of anilines is 2. The fourth-order valence-corrected chi connectivity index (χ4v) is 2.66. The molecule has 128 valence electrons. The van der Waals surface area contributed by atoms with Crippen molar-refractivity contribution in [2.45, 2.75) is 25.8 Å². The SMILES string of the molecule is CCOc1ncccc1CNc1cc(C2CCOC2)nc(NC)n1. The molecule has 1 aliphatic heterocycles. The van der Waals surface area contributed by atoms with Crippen LogP contribution in [0.1, 0.15) is 30.5 Å². The van der Waals surface area contributed by atoms with Gasteiger partial charge in [-0.1, -0.05) is 6.07 Å². The van der Waals surface area contributed by atoms with Crippen LogP contribution >= 0.6 is 0 Å². The van der Waals surface area contributed by atoms with Crippen molar-refractivity contribution < 1.29 is 9.47 Å². The van der Waals surface area contributed by atoms with Crippen LogP contribution in [-0.2, 0) is 11.3 Å². The van der Waals surface area contributed by atoms with Gasteiger partial charge in [-0.2, -0.15) is 4.98 Å². The molecule has 1 saturated heterocycles. The molecule has 3 heterocycles. The molecule has 7 heteroatoms. The second-order valence-corrected chi connectivity index (χ2v) is 5.57. The molecule has 0 spiro atoms. The molecule has 7 nitrogen and oxygen atoms in total. The van der Waals surface area contributed by atoms with Crippen molar-refractivity contribution in [2.75, 3.05) is 37.5 Å². The summed E-state index contributed by atoms with van der Waals surface area (Å²) >= 11 is 0. The highest BCUT2D eigenvalue weighted by atomic mass is 16.5. The maximum atomic E-state index is 5.56. The minimum atomic E-state index is 0.332. The number of hydrogen-bond acceptors (Lipinski definition) is 7. The summed E-state index contributed by atoms with van der Waals surface area (Å²) in [6.07, 6.45) is 2.73. The van der Waals surface area contributed by atoms with E-state index in [1.54, 1.807) is 6.20 Å². The van der Waals surface area contributed by atoms with E-state index in [9.17, 15) is 0 Å². The maximum absolute atomic E-state index is 5.56. The monoisotopic (exact) mass is 329 g/mol. The van der Waals surface area contributed by atoms with Crippen molar-refractivity contribution >= 4 is 11.8 Å². The highest BCUT2D eigenvalue weighted by molar-refractivity contribution is 5.44. The third-order valence-electron chi connectivity index (χ3n) is 3.91. The van der Waals surface area contributed by atoms with Crippen LogP contribution in [0.4, 0.5) is 11.8 Å². The first kappa shape index (κ1) is 16.4. The van der Waals surface area contributed by atoms with Crippen LogP contribution in [0.15, 0.2) is 24.4 Å². The fourth-order valence-electron chi connectivity index (χ4n) is 2.66. The fraction of sp³-hybridized carbons (Fsp3) is 0.471. The molecule has 1 unspecified atom stereocenters. The first-order valence-electron chi connectivity index (χ1n) is 8.25. The summed E-state index contributed by atoms with van der Waals surface area (Å²) < 4.78 is 11.0. The Bertz CT molecular complexity index is 674. The normalized spacial score (nSPS) is 16.8. The molecule has 2 N–H and O–H groups in total. The predicted molar refractivity (Wildman–Crippen MR) is 92.5 cm³/mol. The van der Waals surface area contributed by atoms with Crippen LogP contribution in [0, 0.1) is 0 Å². The summed E-state index contributed by atoms with van der Waals surface area (Å²) in [6, 6.07) is 5.90. The topological polar surface area (TPSA) is 81.2 Å². The van der Waals surface area contributed by atoms with E-state index in [1.807, 2.05) is 32.2 Å². The van der Waals surface area contributed by atoms with Crippen molar-refractivity contribution in [1.82, 2.24) is 15.0 Å². The largest absolute Gasteiger partial charge is 0.478 e. The Labute approximate surface area is 141 Å². The summed E-state index contributed by atoms with van der Waals surface area (Å²) in [7, 11) is 1.82. The molecular formula is C17H23N5O2. The summed E-state index contributed by atoms with van der Waals surface area (Å²) in [6.45, 7) is 4.64. The second-order valence-electron chi connectivity index (χ2n) is 5.57. The number of nitrogens with one attached hydrogen (secondary N) is 2. The van der Waals surface area contributed by atoms with Gasteiger partial charge in [0.2, 0.25) is 11.8 Å². The number of nitrogens with zero attached hydrogens (tertiary/aromatic N) is 3. The number of aromatic nitrogens is 3. The molecule has 0 amide bonds. The Balaban J connectivity index is 1.76. The smallest absolute Gasteiger partial charge is 0.224 e. The van der Waals surface area contributed by atoms with Crippen LogP contribution in [0.3, 0.4) is 0 Å². The lowest BCUT2D eigenvalue weighted by Gasteiger charge is -2.13. The molecule has 1 aliphatic rings. The van der Waals surface area contributed by atoms with E-state index in [2.05, 4.69) is 25.6 Å². The van der Waals surface area contributed by atoms with Gasteiger partial charge in [0.25, 0.3) is 0 Å². The summed E-state index contributed by atoms with van der Waals surface area (Å²) in [5.41, 5.74) is 2.00. The molecule has 3 rings (SSSR count). The molecule has 0 aromatic carbocycles. The zero-order valence-corrected chi connectivity index (χ0v) is 14.1. The van der Waals surface area contributed by atoms with E-state index >= 15 is 0 Å². The summed E-state index contributed by atoms with van der Waals surface area (Å²) in [5, 5.41) is 6.37. The molecule has 0 radical (unpaired) electrons. The van der Waals surface area contributed by atoms with Crippen molar-refractivity contribution in [3.63, 3.8) is 0 Å². The quantitative estimate of drug-likeness (QED) is 0.807. The van der Waals surface area contributed by atoms with Gasteiger partial charge in [-0.05, 0) is 19.4 Å². The average Bonchev–Trinajstić information content (AvgIpc) is 3.16. The lowest BCUT2D eigenvalue weighted by atomic mass is 10.0. The summed E-state index contributed by atoms with van der Waals surface area (Å²) in [4.78, 5) is 13.3. The van der Waals surface area contributed by atoms with E-state index in [-0.39, 0.29) is 0 Å². The molecule has 24 heavy (non-hydrogen) atoms. The molecule has 0 aliphatic carbocycles. The molecule has 2 aromatic rings. The van der Waals surface area contributed by atoms with Crippen LogP contribution in [0.5, 0.6) is 5.88 Å². The highest BCUT2D eigenvalue weighted by Gasteiger charge is 2.20. The minimum absolute atomic E-state index is 0.332. The van der Waals surface area contributed by atoms with E-state index in [0.29, 0.717) is 30.9 Å². The van der Waals surface area contributed by atoms with Gasteiger partial charge in [-0.25, -0.2) is 9.97 Å². The third kappa shape index (κ3) is 3.91. The number of ether oxygens (including phenoxy) is 2. The van der Waals surface area contributed by atoms with Gasteiger partial charge in [-0.15, -0.1) is 0 Å². The van der Waals surface area contributed by atoms with Crippen LogP contribution in [-0.4, -0.2) is 41.8 Å². The van der Waals surface area contributed by atoms with Crippen LogP contribution in [0.2, 0.25) is 0 Å². The minimum Gasteiger partial charge on any atom is -0.478 e. The van der Waals surface area contributed by atoms with Crippen LogP contribution < -0.4 is 15.4 Å². The Morgan fingerprint density at radius 3 is 3.04 bits per heavy atom. The van der Waals surface area contributed by atoms with Crippen molar-refractivity contribution in [3.8, 4) is 5.88 Å².